The van der Waals surface area contributed by atoms with Crippen LogP contribution in [-0.4, -0.2) is 53.1 Å². The SMILES string of the molecule is COCC(=O)N1Cc2cncn2[C@H](C(=O)NCCc2cccs2)C1. The number of amides is 2. The molecule has 3 heterocycles. The fourth-order valence-electron chi connectivity index (χ4n) is 2.79. The zero-order chi connectivity index (χ0) is 16.9. The minimum Gasteiger partial charge on any atom is -0.375 e. The zero-order valence-corrected chi connectivity index (χ0v) is 14.3. The van der Waals surface area contributed by atoms with Gasteiger partial charge in [0.15, 0.2) is 0 Å². The quantitative estimate of drug-likeness (QED) is 0.839. The number of rotatable bonds is 6. The van der Waals surface area contributed by atoms with Gasteiger partial charge in [0.25, 0.3) is 0 Å². The summed E-state index contributed by atoms with van der Waals surface area (Å²) in [5.74, 6) is -0.220. The lowest BCUT2D eigenvalue weighted by Crippen LogP contribution is -2.47. The third-order valence-corrected chi connectivity index (χ3v) is 4.94. The molecule has 0 bridgehead atoms. The first-order valence-corrected chi connectivity index (χ1v) is 8.64. The van der Waals surface area contributed by atoms with Crippen LogP contribution in [0.2, 0.25) is 0 Å². The highest BCUT2D eigenvalue weighted by Crippen LogP contribution is 2.21. The Hall–Kier alpha value is -2.19. The number of aromatic nitrogens is 2. The molecule has 0 spiro atoms. The van der Waals surface area contributed by atoms with Crippen LogP contribution in [0.3, 0.4) is 0 Å². The van der Waals surface area contributed by atoms with E-state index in [0.29, 0.717) is 19.6 Å². The number of nitrogens with one attached hydrogen (secondary N) is 1. The maximum absolute atomic E-state index is 12.6. The number of ether oxygens (including phenoxy) is 1. The average Bonchev–Trinajstić information content (AvgIpc) is 3.25. The van der Waals surface area contributed by atoms with Crippen LogP contribution in [0.4, 0.5) is 0 Å². The molecule has 1 aliphatic heterocycles. The van der Waals surface area contributed by atoms with Crippen LogP contribution in [0.15, 0.2) is 30.0 Å². The van der Waals surface area contributed by atoms with Gasteiger partial charge in [-0.15, -0.1) is 11.3 Å². The number of carbonyl (C=O) groups excluding carboxylic acids is 2. The summed E-state index contributed by atoms with van der Waals surface area (Å²) in [7, 11) is 1.49. The summed E-state index contributed by atoms with van der Waals surface area (Å²) in [6, 6.07) is 3.59. The lowest BCUT2D eigenvalue weighted by atomic mass is 10.1. The van der Waals surface area contributed by atoms with Crippen molar-refractivity contribution in [3.05, 3.63) is 40.6 Å². The van der Waals surface area contributed by atoms with E-state index in [-0.39, 0.29) is 18.4 Å². The molecule has 128 valence electrons. The number of imidazole rings is 1. The molecule has 2 amide bonds. The second-order valence-electron chi connectivity index (χ2n) is 5.64. The van der Waals surface area contributed by atoms with E-state index >= 15 is 0 Å². The topological polar surface area (TPSA) is 76.5 Å². The normalized spacial score (nSPS) is 16.7. The Bertz CT molecular complexity index is 698. The monoisotopic (exact) mass is 348 g/mol. The fourth-order valence-corrected chi connectivity index (χ4v) is 3.50. The smallest absolute Gasteiger partial charge is 0.248 e. The number of hydrogen-bond donors (Lipinski definition) is 1. The van der Waals surface area contributed by atoms with E-state index in [9.17, 15) is 9.59 Å². The molecule has 24 heavy (non-hydrogen) atoms. The Morgan fingerprint density at radius 3 is 3.12 bits per heavy atom. The molecule has 0 radical (unpaired) electrons. The van der Waals surface area contributed by atoms with Crippen LogP contribution in [-0.2, 0) is 27.3 Å². The number of thiophene rings is 1. The van der Waals surface area contributed by atoms with Gasteiger partial charge in [0.2, 0.25) is 11.8 Å². The van der Waals surface area contributed by atoms with E-state index in [1.54, 1.807) is 28.8 Å². The van der Waals surface area contributed by atoms with Gasteiger partial charge < -0.3 is 19.5 Å². The molecule has 0 saturated heterocycles. The van der Waals surface area contributed by atoms with E-state index in [2.05, 4.69) is 16.4 Å². The summed E-state index contributed by atoms with van der Waals surface area (Å²) in [5, 5.41) is 4.99. The zero-order valence-electron chi connectivity index (χ0n) is 13.5. The van der Waals surface area contributed by atoms with Crippen LogP contribution in [0.1, 0.15) is 16.6 Å². The van der Waals surface area contributed by atoms with Gasteiger partial charge in [0.05, 0.1) is 25.1 Å². The van der Waals surface area contributed by atoms with E-state index in [4.69, 9.17) is 4.74 Å². The van der Waals surface area contributed by atoms with Gasteiger partial charge in [0.1, 0.15) is 12.6 Å². The number of hydrogen-bond acceptors (Lipinski definition) is 5. The predicted octanol–water partition coefficient (Wildman–Crippen LogP) is 0.833. The first kappa shape index (κ1) is 16.7. The van der Waals surface area contributed by atoms with Crippen molar-refractivity contribution in [2.45, 2.75) is 19.0 Å². The standard InChI is InChI=1S/C16H20N4O3S/c1-23-10-15(21)19-8-12-7-17-11-20(12)14(9-19)16(22)18-5-4-13-3-2-6-24-13/h2-3,6-7,11,14H,4-5,8-10H2,1H3,(H,18,22)/t14-/m0/s1. The molecule has 8 heteroatoms. The first-order valence-electron chi connectivity index (χ1n) is 7.76. The van der Waals surface area contributed by atoms with Crippen molar-refractivity contribution in [1.29, 1.82) is 0 Å². The summed E-state index contributed by atoms with van der Waals surface area (Å²) < 4.78 is 6.76. The maximum atomic E-state index is 12.6. The average molecular weight is 348 g/mol. The molecular formula is C16H20N4O3S. The Kier molecular flexibility index (Phi) is 5.27. The van der Waals surface area contributed by atoms with Gasteiger partial charge in [0, 0.05) is 24.7 Å². The van der Waals surface area contributed by atoms with Gasteiger partial charge in [-0.25, -0.2) is 4.98 Å². The lowest BCUT2D eigenvalue weighted by molar-refractivity contribution is -0.138. The van der Waals surface area contributed by atoms with Crippen LogP contribution in [0, 0.1) is 0 Å². The van der Waals surface area contributed by atoms with Gasteiger partial charge in [-0.2, -0.15) is 0 Å². The van der Waals surface area contributed by atoms with Gasteiger partial charge in [-0.3, -0.25) is 9.59 Å². The summed E-state index contributed by atoms with van der Waals surface area (Å²) in [5.41, 5.74) is 0.851. The molecule has 0 fully saturated rings. The van der Waals surface area contributed by atoms with Crippen molar-refractivity contribution in [2.24, 2.45) is 0 Å². The van der Waals surface area contributed by atoms with Crippen molar-refractivity contribution >= 4 is 23.2 Å². The first-order chi connectivity index (χ1) is 11.7. The van der Waals surface area contributed by atoms with E-state index in [1.165, 1.54) is 12.0 Å². The number of fused-ring (bicyclic) bond motifs is 1. The van der Waals surface area contributed by atoms with Gasteiger partial charge in [-0.1, -0.05) is 6.07 Å². The molecule has 0 saturated carbocycles. The highest BCUT2D eigenvalue weighted by Gasteiger charge is 2.32. The van der Waals surface area contributed by atoms with Crippen molar-refractivity contribution in [3.8, 4) is 0 Å². The molecule has 0 aliphatic carbocycles. The highest BCUT2D eigenvalue weighted by molar-refractivity contribution is 7.09. The Morgan fingerprint density at radius 1 is 1.50 bits per heavy atom. The summed E-state index contributed by atoms with van der Waals surface area (Å²) in [6.07, 6.45) is 4.15. The number of carbonyl (C=O) groups is 2. The Balaban J connectivity index is 1.64. The van der Waals surface area contributed by atoms with E-state index in [0.717, 1.165) is 12.1 Å². The molecule has 0 unspecified atom stereocenters. The molecule has 3 rings (SSSR count). The molecule has 2 aromatic heterocycles. The number of methoxy groups -OCH3 is 1. The van der Waals surface area contributed by atoms with Crippen LogP contribution in [0.25, 0.3) is 0 Å². The molecule has 1 aliphatic rings. The van der Waals surface area contributed by atoms with E-state index in [1.807, 2.05) is 16.0 Å². The summed E-state index contributed by atoms with van der Waals surface area (Å²) in [4.78, 5) is 31.7. The second kappa shape index (κ2) is 7.59. The van der Waals surface area contributed by atoms with Crippen LogP contribution in [0.5, 0.6) is 0 Å². The summed E-state index contributed by atoms with van der Waals surface area (Å²) >= 11 is 1.68. The molecule has 1 N–H and O–H groups in total. The number of nitrogens with zero attached hydrogens (tertiary/aromatic N) is 3. The third kappa shape index (κ3) is 3.65. The molecule has 0 aromatic carbocycles. The fraction of sp³-hybridized carbons (Fsp3) is 0.438. The third-order valence-electron chi connectivity index (χ3n) is 4.00. The molecule has 2 aromatic rings. The highest BCUT2D eigenvalue weighted by atomic mass is 32.1. The van der Waals surface area contributed by atoms with Gasteiger partial charge in [-0.05, 0) is 17.9 Å². The minimum absolute atomic E-state index is 0.0147. The van der Waals surface area contributed by atoms with E-state index < -0.39 is 6.04 Å². The lowest BCUT2D eigenvalue weighted by Gasteiger charge is -2.33. The van der Waals surface area contributed by atoms with Crippen molar-refractivity contribution in [1.82, 2.24) is 19.8 Å². The van der Waals surface area contributed by atoms with Crippen molar-refractivity contribution < 1.29 is 14.3 Å². The van der Waals surface area contributed by atoms with Crippen molar-refractivity contribution in [2.75, 3.05) is 26.8 Å². The summed E-state index contributed by atoms with van der Waals surface area (Å²) in [6.45, 7) is 1.37. The molecule has 1 atom stereocenters. The minimum atomic E-state index is -0.458. The maximum Gasteiger partial charge on any atom is 0.248 e. The predicted molar refractivity (Wildman–Crippen MR) is 89.6 cm³/mol. The van der Waals surface area contributed by atoms with Gasteiger partial charge >= 0.3 is 0 Å². The van der Waals surface area contributed by atoms with Crippen LogP contribution < -0.4 is 5.32 Å². The Labute approximate surface area is 144 Å². The van der Waals surface area contributed by atoms with Crippen LogP contribution >= 0.6 is 11.3 Å². The largest absolute Gasteiger partial charge is 0.375 e. The van der Waals surface area contributed by atoms with Crippen molar-refractivity contribution in [3.63, 3.8) is 0 Å². The molecular weight excluding hydrogens is 328 g/mol. The second-order valence-corrected chi connectivity index (χ2v) is 6.67. The Morgan fingerprint density at radius 2 is 2.38 bits per heavy atom. The molecule has 7 nitrogen and oxygen atoms in total.